The number of hydrogen-bond donors (Lipinski definition) is 0. The van der Waals surface area contributed by atoms with Gasteiger partial charge in [0.25, 0.3) is 0 Å². The van der Waals surface area contributed by atoms with Crippen LogP contribution >= 0.6 is 0 Å². The number of allylic oxidation sites excluding steroid dienone is 2. The van der Waals surface area contributed by atoms with Crippen LogP contribution in [-0.4, -0.2) is 13.9 Å². The lowest BCUT2D eigenvalue weighted by Gasteiger charge is -2.25. The summed E-state index contributed by atoms with van der Waals surface area (Å²) in [6, 6.07) is 18.9. The van der Waals surface area contributed by atoms with Gasteiger partial charge in [-0.05, 0) is 17.7 Å². The largest absolute Gasteiger partial charge is 0.352 e. The minimum Gasteiger partial charge on any atom is -0.245 e. The van der Waals surface area contributed by atoms with Crippen molar-refractivity contribution in [1.29, 1.82) is 0 Å². The summed E-state index contributed by atoms with van der Waals surface area (Å²) in [6.45, 7) is 0. The second-order valence-corrected chi connectivity index (χ2v) is 6.31. The molecule has 0 saturated heterocycles. The highest BCUT2D eigenvalue weighted by atomic mass is 16.2. The first kappa shape index (κ1) is 13.4. The molecule has 0 fully saturated rings. The standard InChI is InChI=1S/C19H15N3O2/c23-17-20(15-9-5-2-6-10-15)18(24)22-19(14-7-3-1-4-8-14)12-11-16(13-19)21(17)22/h1-12,16H,13H2/t16-,19+/m0/s1. The van der Waals surface area contributed by atoms with E-state index in [1.54, 1.807) is 21.5 Å². The van der Waals surface area contributed by atoms with Gasteiger partial charge in [0.05, 0.1) is 11.7 Å². The Kier molecular flexibility index (Phi) is 2.49. The molecule has 118 valence electrons. The van der Waals surface area contributed by atoms with E-state index < -0.39 is 5.54 Å². The van der Waals surface area contributed by atoms with E-state index in [-0.39, 0.29) is 17.4 Å². The molecule has 1 aliphatic carbocycles. The summed E-state index contributed by atoms with van der Waals surface area (Å²) in [5.41, 5.74) is 0.495. The van der Waals surface area contributed by atoms with Gasteiger partial charge in [-0.2, -0.15) is 0 Å². The Hall–Kier alpha value is -3.08. The first-order chi connectivity index (χ1) is 11.7. The lowest BCUT2D eigenvalue weighted by Crippen LogP contribution is -2.39. The molecule has 0 spiro atoms. The molecule has 2 heterocycles. The maximum Gasteiger partial charge on any atom is 0.352 e. The lowest BCUT2D eigenvalue weighted by atomic mass is 9.90. The first-order valence-electron chi connectivity index (χ1n) is 8.00. The van der Waals surface area contributed by atoms with Crippen LogP contribution in [0.3, 0.4) is 0 Å². The van der Waals surface area contributed by atoms with Gasteiger partial charge in [0.2, 0.25) is 0 Å². The zero-order valence-corrected chi connectivity index (χ0v) is 12.9. The molecular formula is C19H15N3O2. The van der Waals surface area contributed by atoms with Crippen molar-refractivity contribution >= 4 is 0 Å². The predicted octanol–water partition coefficient (Wildman–Crippen LogP) is 2.06. The number of nitrogens with zero attached hydrogens (tertiary/aromatic N) is 3. The van der Waals surface area contributed by atoms with Crippen molar-refractivity contribution in [3.63, 3.8) is 0 Å². The van der Waals surface area contributed by atoms with E-state index in [2.05, 4.69) is 6.08 Å². The molecule has 5 heteroatoms. The third kappa shape index (κ3) is 1.49. The van der Waals surface area contributed by atoms with E-state index in [9.17, 15) is 9.59 Å². The van der Waals surface area contributed by atoms with Crippen LogP contribution in [0.2, 0.25) is 0 Å². The SMILES string of the molecule is O=c1n(-c2ccccc2)c(=O)n2n1[C@H]1C=C[C@]2(c2ccccc2)C1. The number of fused-ring (bicyclic) bond motifs is 5. The van der Waals surface area contributed by atoms with E-state index >= 15 is 0 Å². The van der Waals surface area contributed by atoms with E-state index in [1.807, 2.05) is 54.6 Å². The minimum atomic E-state index is -0.567. The molecule has 2 aliphatic rings. The highest BCUT2D eigenvalue weighted by Gasteiger charge is 2.49. The molecule has 2 bridgehead atoms. The summed E-state index contributed by atoms with van der Waals surface area (Å²) < 4.78 is 4.49. The molecule has 0 saturated carbocycles. The van der Waals surface area contributed by atoms with Crippen molar-refractivity contribution in [2.45, 2.75) is 18.0 Å². The maximum absolute atomic E-state index is 13.1. The van der Waals surface area contributed by atoms with Crippen LogP contribution in [0.4, 0.5) is 0 Å². The third-order valence-electron chi connectivity index (χ3n) is 5.07. The predicted molar refractivity (Wildman–Crippen MR) is 90.6 cm³/mol. The summed E-state index contributed by atoms with van der Waals surface area (Å²) in [6.07, 6.45) is 4.81. The topological polar surface area (TPSA) is 48.9 Å². The molecule has 2 aromatic carbocycles. The quantitative estimate of drug-likeness (QED) is 0.679. The molecule has 1 aliphatic heterocycles. The van der Waals surface area contributed by atoms with Gasteiger partial charge in [0.1, 0.15) is 5.54 Å². The number of rotatable bonds is 2. The van der Waals surface area contributed by atoms with Crippen LogP contribution in [0.5, 0.6) is 0 Å². The van der Waals surface area contributed by atoms with Gasteiger partial charge in [-0.1, -0.05) is 60.7 Å². The van der Waals surface area contributed by atoms with Crippen molar-refractivity contribution in [2.24, 2.45) is 0 Å². The van der Waals surface area contributed by atoms with Gasteiger partial charge < -0.3 is 0 Å². The lowest BCUT2D eigenvalue weighted by molar-refractivity contribution is 0.418. The average molecular weight is 317 g/mol. The monoisotopic (exact) mass is 317 g/mol. The van der Waals surface area contributed by atoms with Crippen LogP contribution in [0.1, 0.15) is 18.0 Å². The highest BCUT2D eigenvalue weighted by Crippen LogP contribution is 2.46. The number of benzene rings is 2. The molecule has 5 nitrogen and oxygen atoms in total. The zero-order valence-electron chi connectivity index (χ0n) is 12.9. The molecule has 1 aromatic heterocycles. The Balaban J connectivity index is 1.83. The maximum atomic E-state index is 13.1. The smallest absolute Gasteiger partial charge is 0.245 e. The second kappa shape index (κ2) is 4.47. The van der Waals surface area contributed by atoms with Gasteiger partial charge >= 0.3 is 11.4 Å². The normalized spacial score (nSPS) is 23.6. The fourth-order valence-corrected chi connectivity index (χ4v) is 4.02. The fourth-order valence-electron chi connectivity index (χ4n) is 4.02. The van der Waals surface area contributed by atoms with Crippen molar-refractivity contribution in [3.05, 3.63) is 99.3 Å². The summed E-state index contributed by atoms with van der Waals surface area (Å²) in [4.78, 5) is 26.0. The Morgan fingerprint density at radius 3 is 2.25 bits per heavy atom. The van der Waals surface area contributed by atoms with Crippen LogP contribution in [-0.2, 0) is 5.54 Å². The summed E-state index contributed by atoms with van der Waals surface area (Å²) in [7, 11) is 0. The zero-order chi connectivity index (χ0) is 16.3. The van der Waals surface area contributed by atoms with Gasteiger partial charge in [0, 0.05) is 6.42 Å². The van der Waals surface area contributed by atoms with Crippen LogP contribution in [0.15, 0.2) is 82.4 Å². The van der Waals surface area contributed by atoms with Crippen molar-refractivity contribution in [1.82, 2.24) is 13.9 Å². The summed E-state index contributed by atoms with van der Waals surface area (Å²) >= 11 is 0. The van der Waals surface area contributed by atoms with Crippen LogP contribution in [0, 0.1) is 0 Å². The molecule has 5 rings (SSSR count). The van der Waals surface area contributed by atoms with Crippen LogP contribution < -0.4 is 11.4 Å². The number of hydrogen-bond acceptors (Lipinski definition) is 2. The van der Waals surface area contributed by atoms with E-state index in [4.69, 9.17) is 0 Å². The Bertz CT molecular complexity index is 1070. The van der Waals surface area contributed by atoms with Gasteiger partial charge in [-0.25, -0.2) is 23.5 Å². The molecule has 0 unspecified atom stereocenters. The molecule has 3 aromatic rings. The van der Waals surface area contributed by atoms with E-state index in [0.717, 1.165) is 12.0 Å². The van der Waals surface area contributed by atoms with Gasteiger partial charge in [-0.3, -0.25) is 0 Å². The average Bonchev–Trinajstić information content (AvgIpc) is 3.28. The molecular weight excluding hydrogens is 302 g/mol. The molecule has 2 atom stereocenters. The Labute approximate surface area is 137 Å². The number of para-hydroxylation sites is 1. The first-order valence-corrected chi connectivity index (χ1v) is 8.00. The van der Waals surface area contributed by atoms with Crippen molar-refractivity contribution in [3.8, 4) is 5.69 Å². The third-order valence-corrected chi connectivity index (χ3v) is 5.07. The van der Waals surface area contributed by atoms with Crippen molar-refractivity contribution in [2.75, 3.05) is 0 Å². The van der Waals surface area contributed by atoms with Crippen LogP contribution in [0.25, 0.3) is 5.69 Å². The second-order valence-electron chi connectivity index (χ2n) is 6.31. The molecule has 0 amide bonds. The Morgan fingerprint density at radius 2 is 1.54 bits per heavy atom. The van der Waals surface area contributed by atoms with Gasteiger partial charge in [-0.15, -0.1) is 0 Å². The van der Waals surface area contributed by atoms with Gasteiger partial charge in [0.15, 0.2) is 0 Å². The van der Waals surface area contributed by atoms with Crippen molar-refractivity contribution < 1.29 is 0 Å². The minimum absolute atomic E-state index is 0.0737. The summed E-state index contributed by atoms with van der Waals surface area (Å²) in [5.74, 6) is 0. The summed E-state index contributed by atoms with van der Waals surface area (Å²) in [5, 5.41) is 0. The molecule has 24 heavy (non-hydrogen) atoms. The molecule has 0 N–H and O–H groups in total. The fraction of sp³-hybridized carbons (Fsp3) is 0.158. The van der Waals surface area contributed by atoms with E-state index in [1.165, 1.54) is 4.57 Å². The number of aromatic nitrogens is 3. The Morgan fingerprint density at radius 1 is 0.875 bits per heavy atom. The molecule has 0 radical (unpaired) electrons. The van der Waals surface area contributed by atoms with E-state index in [0.29, 0.717) is 5.69 Å². The highest BCUT2D eigenvalue weighted by molar-refractivity contribution is 5.39.